The minimum absolute atomic E-state index is 0.225. The number of amides is 3. The molecule has 8 heteroatoms. The molecule has 1 aromatic rings. The summed E-state index contributed by atoms with van der Waals surface area (Å²) in [4.78, 5) is 40.5. The fraction of sp³-hybridized carbons (Fsp3) is 0.600. The number of nitrogens with one attached hydrogen (secondary N) is 3. The molecule has 3 N–H and O–H groups in total. The molecule has 0 radical (unpaired) electrons. The molecule has 2 heterocycles. The van der Waals surface area contributed by atoms with Gasteiger partial charge in [-0.15, -0.1) is 11.3 Å². The summed E-state index contributed by atoms with van der Waals surface area (Å²) in [7, 11) is 0. The summed E-state index contributed by atoms with van der Waals surface area (Å²) in [6.45, 7) is 4.55. The third kappa shape index (κ3) is 5.02. The summed E-state index contributed by atoms with van der Waals surface area (Å²) in [6, 6.07) is -0.680. The number of aromatic nitrogens is 1. The Morgan fingerprint density at radius 3 is 2.87 bits per heavy atom. The molecule has 1 fully saturated rings. The summed E-state index contributed by atoms with van der Waals surface area (Å²) >= 11 is 1.32. The number of hydrogen-bond acceptors (Lipinski definition) is 5. The molecule has 0 aliphatic carbocycles. The quantitative estimate of drug-likeness (QED) is 0.677. The van der Waals surface area contributed by atoms with Crippen LogP contribution < -0.4 is 16.0 Å². The maximum absolute atomic E-state index is 12.4. The molecule has 1 aliphatic rings. The Hall–Kier alpha value is -1.96. The van der Waals surface area contributed by atoms with Gasteiger partial charge in [0.25, 0.3) is 0 Å². The zero-order chi connectivity index (χ0) is 16.8. The standard InChI is InChI=1S/C15H22N4O3S/c1-9(2)8-11(14(22)19-15-17-6-7-23-15)18-13(21)10-4-3-5-16-12(10)20/h6-7,9-11H,3-5,8H2,1-2H3,(H,16,20)(H,18,21)(H,17,19,22). The van der Waals surface area contributed by atoms with Crippen molar-refractivity contribution >= 4 is 34.2 Å². The molecule has 2 rings (SSSR count). The van der Waals surface area contributed by atoms with Crippen molar-refractivity contribution in [1.82, 2.24) is 15.6 Å². The van der Waals surface area contributed by atoms with Gasteiger partial charge in [-0.1, -0.05) is 13.8 Å². The lowest BCUT2D eigenvalue weighted by molar-refractivity contribution is -0.138. The Morgan fingerprint density at radius 1 is 1.48 bits per heavy atom. The number of carbonyl (C=O) groups is 3. The molecule has 0 spiro atoms. The Morgan fingerprint density at radius 2 is 2.26 bits per heavy atom. The summed E-state index contributed by atoms with van der Waals surface area (Å²) < 4.78 is 0. The number of anilines is 1. The van der Waals surface area contributed by atoms with Gasteiger partial charge in [0.15, 0.2) is 5.13 Å². The molecule has 1 aromatic heterocycles. The maximum atomic E-state index is 12.4. The van der Waals surface area contributed by atoms with Crippen LogP contribution in [0.5, 0.6) is 0 Å². The highest BCUT2D eigenvalue weighted by molar-refractivity contribution is 7.13. The van der Waals surface area contributed by atoms with Crippen molar-refractivity contribution in [3.63, 3.8) is 0 Å². The molecule has 2 atom stereocenters. The van der Waals surface area contributed by atoms with Gasteiger partial charge in [0.05, 0.1) is 0 Å². The smallest absolute Gasteiger partial charge is 0.248 e. The van der Waals surface area contributed by atoms with E-state index in [1.807, 2.05) is 13.8 Å². The lowest BCUT2D eigenvalue weighted by Crippen LogP contribution is -2.51. The van der Waals surface area contributed by atoms with Crippen LogP contribution in [-0.4, -0.2) is 35.3 Å². The van der Waals surface area contributed by atoms with Crippen LogP contribution in [0.15, 0.2) is 11.6 Å². The molecule has 0 aromatic carbocycles. The predicted molar refractivity (Wildman–Crippen MR) is 87.9 cm³/mol. The third-order valence-corrected chi connectivity index (χ3v) is 4.29. The van der Waals surface area contributed by atoms with Crippen molar-refractivity contribution in [3.05, 3.63) is 11.6 Å². The largest absolute Gasteiger partial charge is 0.355 e. The zero-order valence-electron chi connectivity index (χ0n) is 13.3. The van der Waals surface area contributed by atoms with Crippen molar-refractivity contribution in [3.8, 4) is 0 Å². The van der Waals surface area contributed by atoms with E-state index in [4.69, 9.17) is 0 Å². The van der Waals surface area contributed by atoms with Crippen LogP contribution in [0.4, 0.5) is 5.13 Å². The van der Waals surface area contributed by atoms with Crippen LogP contribution >= 0.6 is 11.3 Å². The first-order valence-electron chi connectivity index (χ1n) is 7.76. The zero-order valence-corrected chi connectivity index (χ0v) is 14.1. The van der Waals surface area contributed by atoms with Gasteiger partial charge in [0, 0.05) is 18.1 Å². The Bertz CT molecular complexity index is 559. The molecule has 1 saturated heterocycles. The number of hydrogen-bond donors (Lipinski definition) is 3. The van der Waals surface area contributed by atoms with E-state index in [1.54, 1.807) is 11.6 Å². The maximum Gasteiger partial charge on any atom is 0.248 e. The minimum Gasteiger partial charge on any atom is -0.355 e. The molecular weight excluding hydrogens is 316 g/mol. The Labute approximate surface area is 139 Å². The van der Waals surface area contributed by atoms with Crippen LogP contribution in [0.3, 0.4) is 0 Å². The number of carbonyl (C=O) groups excluding carboxylic acids is 3. The van der Waals surface area contributed by atoms with Crippen LogP contribution in [0.1, 0.15) is 33.1 Å². The van der Waals surface area contributed by atoms with E-state index in [-0.39, 0.29) is 23.6 Å². The lowest BCUT2D eigenvalue weighted by atomic mass is 9.96. The first kappa shape index (κ1) is 17.4. The monoisotopic (exact) mass is 338 g/mol. The first-order valence-corrected chi connectivity index (χ1v) is 8.63. The van der Waals surface area contributed by atoms with Crippen molar-refractivity contribution < 1.29 is 14.4 Å². The number of thiazole rings is 1. The minimum atomic E-state index is -0.717. The molecule has 126 valence electrons. The Balaban J connectivity index is 2.00. The second kappa shape index (κ2) is 8.05. The molecule has 7 nitrogen and oxygen atoms in total. The van der Waals surface area contributed by atoms with Crippen LogP contribution in [0.25, 0.3) is 0 Å². The van der Waals surface area contributed by atoms with Crippen LogP contribution in [-0.2, 0) is 14.4 Å². The highest BCUT2D eigenvalue weighted by atomic mass is 32.1. The SMILES string of the molecule is CC(C)CC(NC(=O)C1CCCNC1=O)C(=O)Nc1nccs1. The summed E-state index contributed by atoms with van der Waals surface area (Å²) in [5.41, 5.74) is 0. The average Bonchev–Trinajstić information content (AvgIpc) is 2.99. The van der Waals surface area contributed by atoms with E-state index in [0.717, 1.165) is 6.42 Å². The fourth-order valence-corrected chi connectivity index (χ4v) is 3.01. The van der Waals surface area contributed by atoms with Gasteiger partial charge >= 0.3 is 0 Å². The van der Waals surface area contributed by atoms with Crippen molar-refractivity contribution in [2.75, 3.05) is 11.9 Å². The predicted octanol–water partition coefficient (Wildman–Crippen LogP) is 1.14. The normalized spacial score (nSPS) is 19.1. The van der Waals surface area contributed by atoms with Crippen molar-refractivity contribution in [2.24, 2.45) is 11.8 Å². The van der Waals surface area contributed by atoms with Gasteiger partial charge in [-0.25, -0.2) is 4.98 Å². The summed E-state index contributed by atoms with van der Waals surface area (Å²) in [6.07, 6.45) is 3.38. The van der Waals surface area contributed by atoms with E-state index >= 15 is 0 Å². The van der Waals surface area contributed by atoms with Gasteiger partial charge in [-0.2, -0.15) is 0 Å². The van der Waals surface area contributed by atoms with Gasteiger partial charge in [0.2, 0.25) is 17.7 Å². The van der Waals surface area contributed by atoms with Crippen molar-refractivity contribution in [2.45, 2.75) is 39.2 Å². The molecular formula is C15H22N4O3S. The molecule has 0 saturated carbocycles. The van der Waals surface area contributed by atoms with E-state index in [1.165, 1.54) is 11.3 Å². The summed E-state index contributed by atoms with van der Waals surface area (Å²) in [5, 5.41) is 10.4. The van der Waals surface area contributed by atoms with E-state index in [0.29, 0.717) is 24.5 Å². The fourth-order valence-electron chi connectivity index (χ4n) is 2.48. The van der Waals surface area contributed by atoms with Gasteiger partial charge in [-0.3, -0.25) is 14.4 Å². The highest BCUT2D eigenvalue weighted by Gasteiger charge is 2.32. The molecule has 2 unspecified atom stereocenters. The number of rotatable bonds is 6. The van der Waals surface area contributed by atoms with Crippen LogP contribution in [0, 0.1) is 11.8 Å². The average molecular weight is 338 g/mol. The molecule has 23 heavy (non-hydrogen) atoms. The molecule has 1 aliphatic heterocycles. The number of nitrogens with zero attached hydrogens (tertiary/aromatic N) is 1. The van der Waals surface area contributed by atoms with Gasteiger partial charge in [-0.05, 0) is 25.2 Å². The molecule has 0 bridgehead atoms. The van der Waals surface area contributed by atoms with Crippen molar-refractivity contribution in [1.29, 1.82) is 0 Å². The lowest BCUT2D eigenvalue weighted by Gasteiger charge is -2.25. The third-order valence-electron chi connectivity index (χ3n) is 3.60. The second-order valence-electron chi connectivity index (χ2n) is 6.00. The van der Waals surface area contributed by atoms with E-state index in [2.05, 4.69) is 20.9 Å². The second-order valence-corrected chi connectivity index (χ2v) is 6.90. The van der Waals surface area contributed by atoms with Crippen LogP contribution in [0.2, 0.25) is 0 Å². The summed E-state index contributed by atoms with van der Waals surface area (Å²) in [5.74, 6) is -1.45. The first-order chi connectivity index (χ1) is 11.0. The van der Waals surface area contributed by atoms with Gasteiger partial charge < -0.3 is 16.0 Å². The van der Waals surface area contributed by atoms with Gasteiger partial charge in [0.1, 0.15) is 12.0 Å². The van der Waals surface area contributed by atoms with E-state index in [9.17, 15) is 14.4 Å². The highest BCUT2D eigenvalue weighted by Crippen LogP contribution is 2.15. The topological polar surface area (TPSA) is 100 Å². The Kier molecular flexibility index (Phi) is 6.09. The van der Waals surface area contributed by atoms with E-state index < -0.39 is 12.0 Å². The molecule has 3 amide bonds. The number of piperidine rings is 1.